The maximum Gasteiger partial charge on any atom is 0.252 e. The third-order valence-electron chi connectivity index (χ3n) is 2.94. The zero-order valence-corrected chi connectivity index (χ0v) is 12.9. The van der Waals surface area contributed by atoms with Gasteiger partial charge in [0.1, 0.15) is 4.21 Å². The van der Waals surface area contributed by atoms with Gasteiger partial charge in [0.25, 0.3) is 10.0 Å². The molecule has 2 rings (SSSR count). The predicted octanol–water partition coefficient (Wildman–Crippen LogP) is 1.43. The van der Waals surface area contributed by atoms with E-state index in [1.165, 1.54) is 10.4 Å². The van der Waals surface area contributed by atoms with E-state index in [9.17, 15) is 8.42 Å². The van der Waals surface area contributed by atoms with Gasteiger partial charge < -0.3 is 9.84 Å². The van der Waals surface area contributed by atoms with Gasteiger partial charge in [0.05, 0.1) is 18.3 Å². The van der Waals surface area contributed by atoms with Crippen molar-refractivity contribution in [3.63, 3.8) is 0 Å². The Morgan fingerprint density at radius 1 is 1.58 bits per heavy atom. The first-order valence-electron chi connectivity index (χ1n) is 6.11. The van der Waals surface area contributed by atoms with Crippen LogP contribution in [0.4, 0.5) is 0 Å². The van der Waals surface area contributed by atoms with Gasteiger partial charge in [0.2, 0.25) is 0 Å². The molecule has 1 N–H and O–H groups in total. The number of aliphatic hydroxyl groups is 1. The van der Waals surface area contributed by atoms with Crippen molar-refractivity contribution in [3.05, 3.63) is 17.0 Å². The van der Waals surface area contributed by atoms with E-state index in [1.54, 1.807) is 5.38 Å². The molecule has 108 valence electrons. The quantitative estimate of drug-likeness (QED) is 0.917. The van der Waals surface area contributed by atoms with Gasteiger partial charge in [-0.25, -0.2) is 8.42 Å². The highest BCUT2D eigenvalue weighted by molar-refractivity contribution is 7.91. The first-order chi connectivity index (χ1) is 8.74. The number of aliphatic hydroxyl groups excluding tert-OH is 1. The van der Waals surface area contributed by atoms with E-state index in [1.807, 2.05) is 20.8 Å². The van der Waals surface area contributed by atoms with E-state index >= 15 is 0 Å². The lowest BCUT2D eigenvalue weighted by molar-refractivity contribution is -0.109. The maximum atomic E-state index is 12.5. The molecule has 1 unspecified atom stereocenters. The molecule has 19 heavy (non-hydrogen) atoms. The van der Waals surface area contributed by atoms with Crippen LogP contribution in [0.3, 0.4) is 0 Å². The lowest BCUT2D eigenvalue weighted by Gasteiger charge is -2.40. The molecule has 1 fully saturated rings. The number of nitrogens with zero attached hydrogens (tertiary/aromatic N) is 1. The minimum atomic E-state index is -3.49. The number of sulfonamides is 1. The van der Waals surface area contributed by atoms with Crippen LogP contribution in [0.5, 0.6) is 0 Å². The average Bonchev–Trinajstić information content (AvgIpc) is 2.75. The third-order valence-corrected chi connectivity index (χ3v) is 6.22. The Kier molecular flexibility index (Phi) is 4.04. The van der Waals surface area contributed by atoms with Crippen LogP contribution in [-0.2, 0) is 21.4 Å². The van der Waals surface area contributed by atoms with Crippen molar-refractivity contribution in [3.8, 4) is 0 Å². The highest BCUT2D eigenvalue weighted by Crippen LogP contribution is 2.29. The summed E-state index contributed by atoms with van der Waals surface area (Å²) in [5.74, 6) is 0. The van der Waals surface area contributed by atoms with Gasteiger partial charge >= 0.3 is 0 Å². The normalized spacial score (nSPS) is 24.5. The standard InChI is InChI=1S/C12H19NO4S2/c1-9-5-13(8-12(2,3)17-9)19(15,16)11-4-10(6-14)7-18-11/h4,7,9,14H,5-6,8H2,1-3H3. The molecule has 0 bridgehead atoms. The maximum absolute atomic E-state index is 12.5. The second-order valence-corrected chi connectivity index (χ2v) is 8.49. The molecule has 0 aromatic carbocycles. The van der Waals surface area contributed by atoms with Gasteiger partial charge in [0.15, 0.2) is 0 Å². The highest BCUT2D eigenvalue weighted by atomic mass is 32.2. The van der Waals surface area contributed by atoms with Crippen molar-refractivity contribution in [2.45, 2.75) is 43.3 Å². The lowest BCUT2D eigenvalue weighted by atomic mass is 10.1. The fraction of sp³-hybridized carbons (Fsp3) is 0.667. The van der Waals surface area contributed by atoms with Crippen molar-refractivity contribution >= 4 is 21.4 Å². The Hall–Kier alpha value is -0.470. The van der Waals surface area contributed by atoms with Crippen molar-refractivity contribution in [1.82, 2.24) is 4.31 Å². The summed E-state index contributed by atoms with van der Waals surface area (Å²) in [5.41, 5.74) is 0.145. The fourth-order valence-electron chi connectivity index (χ4n) is 2.28. The second kappa shape index (κ2) is 5.14. The van der Waals surface area contributed by atoms with Crippen molar-refractivity contribution < 1.29 is 18.3 Å². The Morgan fingerprint density at radius 2 is 2.26 bits per heavy atom. The Labute approximate surface area is 117 Å². The first-order valence-corrected chi connectivity index (χ1v) is 8.43. The Bertz CT molecular complexity index is 550. The van der Waals surface area contributed by atoms with E-state index in [0.717, 1.165) is 11.3 Å². The number of hydrogen-bond donors (Lipinski definition) is 1. The fourth-order valence-corrected chi connectivity index (χ4v) is 5.30. The summed E-state index contributed by atoms with van der Waals surface area (Å²) in [6.45, 7) is 6.20. The van der Waals surface area contributed by atoms with Crippen LogP contribution in [0.2, 0.25) is 0 Å². The van der Waals surface area contributed by atoms with Crippen LogP contribution >= 0.6 is 11.3 Å². The largest absolute Gasteiger partial charge is 0.392 e. The first kappa shape index (κ1) is 14.9. The Balaban J connectivity index is 2.28. The average molecular weight is 305 g/mol. The van der Waals surface area contributed by atoms with Gasteiger partial charge in [-0.05, 0) is 37.8 Å². The van der Waals surface area contributed by atoms with E-state index in [-0.39, 0.29) is 16.9 Å². The van der Waals surface area contributed by atoms with Crippen LogP contribution in [0.1, 0.15) is 26.3 Å². The molecular formula is C12H19NO4S2. The Morgan fingerprint density at radius 3 is 2.79 bits per heavy atom. The van der Waals surface area contributed by atoms with Gasteiger partial charge in [-0.1, -0.05) is 0 Å². The van der Waals surface area contributed by atoms with Crippen LogP contribution in [0.25, 0.3) is 0 Å². The molecule has 0 radical (unpaired) electrons. The minimum Gasteiger partial charge on any atom is -0.392 e. The topological polar surface area (TPSA) is 66.8 Å². The zero-order valence-electron chi connectivity index (χ0n) is 11.3. The van der Waals surface area contributed by atoms with Gasteiger partial charge in [-0.15, -0.1) is 11.3 Å². The smallest absolute Gasteiger partial charge is 0.252 e. The molecule has 1 aromatic rings. The number of hydrogen-bond acceptors (Lipinski definition) is 5. The van der Waals surface area contributed by atoms with Crippen LogP contribution in [0.15, 0.2) is 15.7 Å². The summed E-state index contributed by atoms with van der Waals surface area (Å²) in [6.07, 6.45) is -0.129. The molecule has 0 amide bonds. The number of rotatable bonds is 3. The summed E-state index contributed by atoms with van der Waals surface area (Å²) < 4.78 is 32.6. The second-order valence-electron chi connectivity index (χ2n) is 5.42. The molecule has 1 aliphatic heterocycles. The third kappa shape index (κ3) is 3.17. The van der Waals surface area contributed by atoms with Gasteiger partial charge in [-0.3, -0.25) is 0 Å². The molecule has 0 aliphatic carbocycles. The van der Waals surface area contributed by atoms with E-state index in [4.69, 9.17) is 9.84 Å². The van der Waals surface area contributed by atoms with Crippen molar-refractivity contribution in [1.29, 1.82) is 0 Å². The summed E-state index contributed by atoms with van der Waals surface area (Å²) in [6, 6.07) is 1.53. The summed E-state index contributed by atoms with van der Waals surface area (Å²) in [5, 5.41) is 10.7. The number of morpholine rings is 1. The molecule has 0 spiro atoms. The van der Waals surface area contributed by atoms with Crippen molar-refractivity contribution in [2.75, 3.05) is 13.1 Å². The number of thiophene rings is 1. The molecule has 5 nitrogen and oxygen atoms in total. The minimum absolute atomic E-state index is 0.129. The predicted molar refractivity (Wildman–Crippen MR) is 73.6 cm³/mol. The molecule has 7 heteroatoms. The molecular weight excluding hydrogens is 286 g/mol. The van der Waals surface area contributed by atoms with E-state index < -0.39 is 15.6 Å². The van der Waals surface area contributed by atoms with E-state index in [2.05, 4.69) is 0 Å². The SMILES string of the molecule is CC1CN(S(=O)(=O)c2cc(CO)cs2)CC(C)(C)O1. The molecule has 1 saturated heterocycles. The molecule has 1 aromatic heterocycles. The van der Waals surface area contributed by atoms with Crippen LogP contribution in [0, 0.1) is 0 Å². The molecule has 1 aliphatic rings. The molecule has 1 atom stereocenters. The summed E-state index contributed by atoms with van der Waals surface area (Å²) in [4.78, 5) is 0. The van der Waals surface area contributed by atoms with Crippen LogP contribution in [-0.4, -0.2) is 42.6 Å². The zero-order chi connectivity index (χ0) is 14.3. The lowest BCUT2D eigenvalue weighted by Crippen LogP contribution is -2.53. The van der Waals surface area contributed by atoms with Crippen molar-refractivity contribution in [2.24, 2.45) is 0 Å². The van der Waals surface area contributed by atoms with E-state index in [0.29, 0.717) is 18.7 Å². The molecule has 0 saturated carbocycles. The summed E-state index contributed by atoms with van der Waals surface area (Å²) in [7, 11) is -3.49. The monoisotopic (exact) mass is 305 g/mol. The molecule has 2 heterocycles. The van der Waals surface area contributed by atoms with Crippen LogP contribution < -0.4 is 0 Å². The highest BCUT2D eigenvalue weighted by Gasteiger charge is 2.38. The summed E-state index contributed by atoms with van der Waals surface area (Å²) >= 11 is 1.15. The van der Waals surface area contributed by atoms with Gasteiger partial charge in [0, 0.05) is 13.1 Å². The van der Waals surface area contributed by atoms with Gasteiger partial charge in [-0.2, -0.15) is 4.31 Å². The number of ether oxygens (including phenoxy) is 1.